The standard InChI is InChI=1S/C20H17ClN3O2P/c1-12-8-13(4-3-7-22)10-15(9-12)27(2,26)19-16-11-14(21)5-6-17(16)24-18(19)20(23)25/h3-6,8-11,24H,1-2H3,(H2,23,25)/b4-3+. The highest BCUT2D eigenvalue weighted by Crippen LogP contribution is 2.43. The van der Waals surface area contributed by atoms with Crippen LogP contribution in [0.25, 0.3) is 17.0 Å². The van der Waals surface area contributed by atoms with Crippen LogP contribution >= 0.6 is 18.7 Å². The van der Waals surface area contributed by atoms with Crippen molar-refractivity contribution in [2.24, 2.45) is 5.73 Å². The van der Waals surface area contributed by atoms with Crippen molar-refractivity contribution in [1.82, 2.24) is 4.98 Å². The highest BCUT2D eigenvalue weighted by Gasteiger charge is 2.31. The number of benzene rings is 2. The minimum atomic E-state index is -3.20. The van der Waals surface area contributed by atoms with Gasteiger partial charge in [-0.05, 0) is 61.1 Å². The number of H-pyrrole nitrogens is 1. The number of nitrogens with zero attached hydrogens (tertiary/aromatic N) is 1. The number of hydrogen-bond acceptors (Lipinski definition) is 3. The van der Waals surface area contributed by atoms with Crippen molar-refractivity contribution in [2.75, 3.05) is 6.66 Å². The van der Waals surface area contributed by atoms with Crippen LogP contribution in [0.5, 0.6) is 0 Å². The van der Waals surface area contributed by atoms with E-state index in [-0.39, 0.29) is 5.69 Å². The number of carbonyl (C=O) groups is 1. The number of rotatable bonds is 4. The lowest BCUT2D eigenvalue weighted by molar-refractivity contribution is 0.0997. The van der Waals surface area contributed by atoms with Gasteiger partial charge in [-0.1, -0.05) is 17.7 Å². The van der Waals surface area contributed by atoms with Crippen LogP contribution in [-0.2, 0) is 4.57 Å². The number of carbonyl (C=O) groups excluding carboxylic acids is 1. The Hall–Kier alpha value is -2.80. The lowest BCUT2D eigenvalue weighted by Gasteiger charge is -2.16. The molecule has 1 heterocycles. The van der Waals surface area contributed by atoms with Gasteiger partial charge in [0.05, 0.1) is 11.4 Å². The molecule has 0 fully saturated rings. The summed E-state index contributed by atoms with van der Waals surface area (Å²) in [4.78, 5) is 15.0. The third-order valence-electron chi connectivity index (χ3n) is 4.33. The van der Waals surface area contributed by atoms with E-state index in [1.807, 2.05) is 25.1 Å². The third kappa shape index (κ3) is 3.55. The van der Waals surface area contributed by atoms with Gasteiger partial charge in [-0.2, -0.15) is 5.26 Å². The quantitative estimate of drug-likeness (QED) is 0.518. The summed E-state index contributed by atoms with van der Waals surface area (Å²) in [5, 5.41) is 10.8. The van der Waals surface area contributed by atoms with Crippen molar-refractivity contribution in [3.8, 4) is 6.07 Å². The van der Waals surface area contributed by atoms with E-state index in [0.717, 1.165) is 11.1 Å². The zero-order valence-electron chi connectivity index (χ0n) is 14.8. The molecule has 7 heteroatoms. The molecule has 0 saturated heterocycles. The molecular formula is C20H17ClN3O2P. The predicted octanol–water partition coefficient (Wildman–Crippen LogP) is 3.71. The molecule has 3 rings (SSSR count). The molecule has 2 aromatic carbocycles. The highest BCUT2D eigenvalue weighted by atomic mass is 35.5. The number of aromatic nitrogens is 1. The molecule has 0 bridgehead atoms. The number of nitrogens with one attached hydrogen (secondary N) is 1. The van der Waals surface area contributed by atoms with Crippen molar-refractivity contribution >= 4 is 52.2 Å². The fraction of sp³-hybridized carbons (Fsp3) is 0.100. The minimum Gasteiger partial charge on any atom is -0.364 e. The Kier molecular flexibility index (Phi) is 4.97. The zero-order chi connectivity index (χ0) is 19.8. The molecule has 1 atom stereocenters. The van der Waals surface area contributed by atoms with E-state index in [0.29, 0.717) is 26.5 Å². The van der Waals surface area contributed by atoms with Crippen molar-refractivity contribution in [2.45, 2.75) is 6.92 Å². The smallest absolute Gasteiger partial charge is 0.265 e. The Morgan fingerprint density at radius 3 is 2.70 bits per heavy atom. The van der Waals surface area contributed by atoms with Crippen LogP contribution in [-0.4, -0.2) is 17.6 Å². The van der Waals surface area contributed by atoms with E-state index < -0.39 is 13.0 Å². The van der Waals surface area contributed by atoms with Crippen molar-refractivity contribution in [1.29, 1.82) is 5.26 Å². The van der Waals surface area contributed by atoms with Crippen LogP contribution < -0.4 is 16.3 Å². The molecule has 0 aliphatic rings. The lowest BCUT2D eigenvalue weighted by atomic mass is 10.1. The second-order valence-electron chi connectivity index (χ2n) is 6.39. The van der Waals surface area contributed by atoms with Gasteiger partial charge < -0.3 is 15.3 Å². The monoisotopic (exact) mass is 397 g/mol. The first kappa shape index (κ1) is 19.0. The fourth-order valence-electron chi connectivity index (χ4n) is 3.17. The first-order valence-electron chi connectivity index (χ1n) is 8.11. The van der Waals surface area contributed by atoms with Gasteiger partial charge in [-0.25, -0.2) is 0 Å². The summed E-state index contributed by atoms with van der Waals surface area (Å²) in [6.07, 6.45) is 3.01. The number of aromatic amines is 1. The van der Waals surface area contributed by atoms with Crippen LogP contribution in [0.2, 0.25) is 5.02 Å². The SMILES string of the molecule is Cc1cc(/C=C/C#N)cc(P(C)(=O)c2c(C(N)=O)[nH]c3ccc(Cl)cc23)c1. The molecule has 0 aliphatic carbocycles. The van der Waals surface area contributed by atoms with Gasteiger partial charge >= 0.3 is 0 Å². The molecule has 0 aliphatic heterocycles. The number of halogens is 1. The Labute approximate surface area is 161 Å². The topological polar surface area (TPSA) is 99.7 Å². The maximum Gasteiger partial charge on any atom is 0.265 e. The van der Waals surface area contributed by atoms with Gasteiger partial charge in [-0.15, -0.1) is 0 Å². The van der Waals surface area contributed by atoms with Gasteiger partial charge in [0, 0.05) is 27.3 Å². The first-order chi connectivity index (χ1) is 12.7. The number of primary amides is 1. The molecule has 1 aromatic heterocycles. The van der Waals surface area contributed by atoms with Gasteiger partial charge in [0.2, 0.25) is 0 Å². The molecular weight excluding hydrogens is 381 g/mol. The molecule has 1 amide bonds. The van der Waals surface area contributed by atoms with E-state index in [1.54, 1.807) is 37.0 Å². The molecule has 3 aromatic rings. The maximum atomic E-state index is 13.9. The highest BCUT2D eigenvalue weighted by molar-refractivity contribution is 7.78. The van der Waals surface area contributed by atoms with Crippen LogP contribution in [0.15, 0.2) is 42.5 Å². The summed E-state index contributed by atoms with van der Waals surface area (Å²) in [5.41, 5.74) is 7.96. The zero-order valence-corrected chi connectivity index (χ0v) is 16.4. The summed E-state index contributed by atoms with van der Waals surface area (Å²) in [6.45, 7) is 3.49. The first-order valence-corrected chi connectivity index (χ1v) is 10.6. The van der Waals surface area contributed by atoms with Crippen molar-refractivity contribution < 1.29 is 9.36 Å². The van der Waals surface area contributed by atoms with Crippen molar-refractivity contribution in [3.63, 3.8) is 0 Å². The van der Waals surface area contributed by atoms with Gasteiger partial charge in [0.25, 0.3) is 5.91 Å². The summed E-state index contributed by atoms with van der Waals surface area (Å²) < 4.78 is 13.9. The molecule has 136 valence electrons. The van der Waals surface area contributed by atoms with Crippen LogP contribution in [0, 0.1) is 18.3 Å². The van der Waals surface area contributed by atoms with Crippen LogP contribution in [0.4, 0.5) is 0 Å². The van der Waals surface area contributed by atoms with Gasteiger partial charge in [-0.3, -0.25) is 4.79 Å². The van der Waals surface area contributed by atoms with E-state index in [4.69, 9.17) is 22.6 Å². The van der Waals surface area contributed by atoms with E-state index in [9.17, 15) is 9.36 Å². The summed E-state index contributed by atoms with van der Waals surface area (Å²) in [7, 11) is -3.20. The number of fused-ring (bicyclic) bond motifs is 1. The lowest BCUT2D eigenvalue weighted by Crippen LogP contribution is -2.25. The Morgan fingerprint density at radius 2 is 2.04 bits per heavy atom. The average Bonchev–Trinajstić information content (AvgIpc) is 2.99. The number of aryl methyl sites for hydroxylation is 1. The van der Waals surface area contributed by atoms with E-state index in [1.165, 1.54) is 6.08 Å². The molecule has 0 saturated carbocycles. The average molecular weight is 398 g/mol. The molecule has 5 nitrogen and oxygen atoms in total. The molecule has 1 unspecified atom stereocenters. The van der Waals surface area contributed by atoms with E-state index in [2.05, 4.69) is 4.98 Å². The number of hydrogen-bond donors (Lipinski definition) is 2. The number of nitriles is 1. The number of nitrogens with two attached hydrogens (primary N) is 1. The largest absolute Gasteiger partial charge is 0.364 e. The number of allylic oxidation sites excluding steroid dienone is 1. The van der Waals surface area contributed by atoms with Crippen LogP contribution in [0.3, 0.4) is 0 Å². The summed E-state index contributed by atoms with van der Waals surface area (Å²) in [6, 6.07) is 12.5. The van der Waals surface area contributed by atoms with Gasteiger partial charge in [0.15, 0.2) is 0 Å². The Balaban J connectivity index is 2.31. The van der Waals surface area contributed by atoms with Crippen molar-refractivity contribution in [3.05, 3.63) is 64.3 Å². The minimum absolute atomic E-state index is 0.119. The number of amides is 1. The second kappa shape index (κ2) is 7.08. The molecule has 0 radical (unpaired) electrons. The Bertz CT molecular complexity index is 1190. The second-order valence-corrected chi connectivity index (χ2v) is 9.64. The Morgan fingerprint density at radius 1 is 1.30 bits per heavy atom. The maximum absolute atomic E-state index is 13.9. The molecule has 3 N–H and O–H groups in total. The molecule has 0 spiro atoms. The van der Waals surface area contributed by atoms with Gasteiger partial charge in [0.1, 0.15) is 12.8 Å². The van der Waals surface area contributed by atoms with E-state index >= 15 is 0 Å². The van der Waals surface area contributed by atoms with Crippen LogP contribution in [0.1, 0.15) is 21.6 Å². The summed E-state index contributed by atoms with van der Waals surface area (Å²) >= 11 is 6.12. The predicted molar refractivity (Wildman–Crippen MR) is 110 cm³/mol. The fourth-order valence-corrected chi connectivity index (χ4v) is 5.68. The third-order valence-corrected chi connectivity index (χ3v) is 7.13. The normalized spacial score (nSPS) is 13.6. The summed E-state index contributed by atoms with van der Waals surface area (Å²) in [5.74, 6) is -0.684. The molecule has 27 heavy (non-hydrogen) atoms.